The van der Waals surface area contributed by atoms with Crippen LogP contribution in [0.15, 0.2) is 30.5 Å². The minimum Gasteiger partial charge on any atom is -0.330 e. The Morgan fingerprint density at radius 2 is 1.79 bits per heavy atom. The predicted molar refractivity (Wildman–Crippen MR) is 112 cm³/mol. The lowest BCUT2D eigenvalue weighted by molar-refractivity contribution is -0.189. The van der Waals surface area contributed by atoms with E-state index in [4.69, 9.17) is 0 Å². The van der Waals surface area contributed by atoms with E-state index in [0.717, 1.165) is 17.0 Å². The van der Waals surface area contributed by atoms with Crippen molar-refractivity contribution in [3.05, 3.63) is 47.7 Å². The molecule has 1 aliphatic carbocycles. The van der Waals surface area contributed by atoms with Crippen molar-refractivity contribution >= 4 is 5.91 Å². The van der Waals surface area contributed by atoms with Crippen molar-refractivity contribution in [2.75, 3.05) is 6.54 Å². The van der Waals surface area contributed by atoms with Crippen molar-refractivity contribution in [1.29, 1.82) is 0 Å². The Morgan fingerprint density at radius 1 is 1.12 bits per heavy atom. The fourth-order valence-electron chi connectivity index (χ4n) is 5.57. The summed E-state index contributed by atoms with van der Waals surface area (Å²) in [5.74, 6) is -2.27. The van der Waals surface area contributed by atoms with Crippen LogP contribution in [0.3, 0.4) is 0 Å². The number of hydrogen-bond acceptors (Lipinski definition) is 3. The van der Waals surface area contributed by atoms with E-state index in [-0.39, 0.29) is 30.1 Å². The standard InChI is InChI=1S/C24H26F5N3O/c1-22(2)15(14-12-18(31-30-13-14)20-16(25)6-4-7-17(20)26)9-10-23(22,3)21(33)32-11-5-8-19(32)24(27,28)29/h4,6-7,12-13,15,19H,5,8-11H2,1-3H3/t15-,19?,23-/m1/s1. The average molecular weight is 467 g/mol. The van der Waals surface area contributed by atoms with Crippen LogP contribution < -0.4 is 0 Å². The lowest BCUT2D eigenvalue weighted by Gasteiger charge is -2.44. The number of rotatable bonds is 3. The number of halogens is 5. The van der Waals surface area contributed by atoms with E-state index in [1.54, 1.807) is 13.0 Å². The first-order valence-corrected chi connectivity index (χ1v) is 11.0. The third-order valence-electron chi connectivity index (χ3n) is 7.89. The number of benzene rings is 1. The molecule has 1 saturated carbocycles. The number of hydrogen-bond donors (Lipinski definition) is 0. The molecule has 4 rings (SSSR count). The predicted octanol–water partition coefficient (Wildman–Crippen LogP) is 5.89. The molecule has 0 spiro atoms. The van der Waals surface area contributed by atoms with E-state index >= 15 is 0 Å². The minimum atomic E-state index is -4.46. The average Bonchev–Trinajstić information content (AvgIpc) is 3.31. The summed E-state index contributed by atoms with van der Waals surface area (Å²) in [5, 5.41) is 7.83. The maximum absolute atomic E-state index is 14.3. The summed E-state index contributed by atoms with van der Waals surface area (Å²) >= 11 is 0. The zero-order chi connectivity index (χ0) is 24.2. The quantitative estimate of drug-likeness (QED) is 0.529. The van der Waals surface area contributed by atoms with Gasteiger partial charge in [-0.25, -0.2) is 8.78 Å². The molecule has 2 heterocycles. The third kappa shape index (κ3) is 3.79. The first kappa shape index (κ1) is 23.6. The first-order chi connectivity index (χ1) is 15.4. The minimum absolute atomic E-state index is 0.0375. The molecule has 4 nitrogen and oxygen atoms in total. The van der Waals surface area contributed by atoms with Gasteiger partial charge in [-0.2, -0.15) is 23.4 Å². The Hall–Kier alpha value is -2.58. The van der Waals surface area contributed by atoms with Gasteiger partial charge in [0.05, 0.1) is 22.9 Å². The lowest BCUT2D eigenvalue weighted by Crippen LogP contribution is -2.53. The molecule has 178 valence electrons. The van der Waals surface area contributed by atoms with E-state index in [0.29, 0.717) is 24.8 Å². The number of likely N-dealkylation sites (tertiary alicyclic amines) is 1. The summed E-state index contributed by atoms with van der Waals surface area (Å²) < 4.78 is 69.1. The van der Waals surface area contributed by atoms with Crippen molar-refractivity contribution in [1.82, 2.24) is 15.1 Å². The van der Waals surface area contributed by atoms with Gasteiger partial charge < -0.3 is 4.90 Å². The van der Waals surface area contributed by atoms with E-state index in [1.165, 1.54) is 12.3 Å². The summed E-state index contributed by atoms with van der Waals surface area (Å²) in [6.45, 7) is 5.55. The van der Waals surface area contributed by atoms with Gasteiger partial charge in [0.15, 0.2) is 0 Å². The molecule has 2 fully saturated rings. The molecule has 2 aromatic rings. The van der Waals surface area contributed by atoms with Gasteiger partial charge >= 0.3 is 6.18 Å². The molecule has 0 N–H and O–H groups in total. The Morgan fingerprint density at radius 3 is 2.42 bits per heavy atom. The highest BCUT2D eigenvalue weighted by Gasteiger charge is 2.60. The Balaban J connectivity index is 1.67. The summed E-state index contributed by atoms with van der Waals surface area (Å²) in [7, 11) is 0. The lowest BCUT2D eigenvalue weighted by atomic mass is 9.63. The van der Waals surface area contributed by atoms with Gasteiger partial charge in [-0.1, -0.05) is 26.8 Å². The van der Waals surface area contributed by atoms with E-state index in [9.17, 15) is 26.7 Å². The Labute approximate surface area is 189 Å². The van der Waals surface area contributed by atoms with Gasteiger partial charge in [0.2, 0.25) is 5.91 Å². The summed E-state index contributed by atoms with van der Waals surface area (Å²) in [4.78, 5) is 14.5. The van der Waals surface area contributed by atoms with E-state index in [1.807, 2.05) is 13.8 Å². The number of carbonyl (C=O) groups excluding carboxylic acids is 1. The summed E-state index contributed by atoms with van der Waals surface area (Å²) in [6, 6.07) is 3.33. The van der Waals surface area contributed by atoms with Crippen molar-refractivity contribution in [2.45, 2.75) is 64.6 Å². The molecule has 2 aliphatic rings. The molecule has 3 atom stereocenters. The second-order valence-corrected chi connectivity index (χ2v) is 9.81. The molecular weight excluding hydrogens is 441 g/mol. The molecule has 1 aliphatic heterocycles. The van der Waals surface area contributed by atoms with Crippen molar-refractivity contribution in [3.8, 4) is 11.3 Å². The largest absolute Gasteiger partial charge is 0.408 e. The first-order valence-electron chi connectivity index (χ1n) is 11.0. The molecule has 33 heavy (non-hydrogen) atoms. The van der Waals surface area contributed by atoms with Crippen molar-refractivity contribution in [3.63, 3.8) is 0 Å². The highest BCUT2D eigenvalue weighted by molar-refractivity contribution is 5.84. The number of aromatic nitrogens is 2. The number of amides is 1. The molecule has 1 saturated heterocycles. The molecule has 1 unspecified atom stereocenters. The molecule has 1 aromatic heterocycles. The second kappa shape index (κ2) is 8.02. The number of alkyl halides is 3. The number of nitrogens with zero attached hydrogens (tertiary/aromatic N) is 3. The van der Waals surface area contributed by atoms with Crippen molar-refractivity contribution < 1.29 is 26.7 Å². The van der Waals surface area contributed by atoms with Gasteiger partial charge in [-0.05, 0) is 60.8 Å². The monoisotopic (exact) mass is 467 g/mol. The summed E-state index contributed by atoms with van der Waals surface area (Å²) in [6.07, 6.45) is -1.79. The highest BCUT2D eigenvalue weighted by atomic mass is 19.4. The maximum Gasteiger partial charge on any atom is 0.408 e. The zero-order valence-electron chi connectivity index (χ0n) is 18.7. The van der Waals surface area contributed by atoms with Gasteiger partial charge in [-0.15, -0.1) is 0 Å². The van der Waals surface area contributed by atoms with Crippen LogP contribution in [0.2, 0.25) is 0 Å². The van der Waals surface area contributed by atoms with Crippen molar-refractivity contribution in [2.24, 2.45) is 10.8 Å². The smallest absolute Gasteiger partial charge is 0.330 e. The van der Waals surface area contributed by atoms with Gasteiger partial charge in [0.25, 0.3) is 0 Å². The Kier molecular flexibility index (Phi) is 5.73. The van der Waals surface area contributed by atoms with E-state index in [2.05, 4.69) is 10.2 Å². The van der Waals surface area contributed by atoms with Crippen LogP contribution in [0.1, 0.15) is 57.9 Å². The summed E-state index contributed by atoms with van der Waals surface area (Å²) in [5.41, 5.74) is -1.35. The highest BCUT2D eigenvalue weighted by Crippen LogP contribution is 2.61. The maximum atomic E-state index is 14.3. The fourth-order valence-corrected chi connectivity index (χ4v) is 5.57. The van der Waals surface area contributed by atoms with Crippen LogP contribution in [0, 0.1) is 22.5 Å². The molecule has 0 radical (unpaired) electrons. The molecule has 0 bridgehead atoms. The zero-order valence-corrected chi connectivity index (χ0v) is 18.7. The molecule has 1 amide bonds. The van der Waals surface area contributed by atoms with Crippen LogP contribution in [0.5, 0.6) is 0 Å². The van der Waals surface area contributed by atoms with Gasteiger partial charge in [0, 0.05) is 6.54 Å². The third-order valence-corrected chi connectivity index (χ3v) is 7.89. The SMILES string of the molecule is CC1(C)[C@@H](c2cnnc(-c3c(F)cccc3F)c2)CC[C@]1(C)C(=O)N1CCCC1C(F)(F)F. The normalized spacial score (nSPS) is 27.2. The Bertz CT molecular complexity index is 1050. The number of carbonyl (C=O) groups is 1. The molecule has 9 heteroatoms. The van der Waals surface area contributed by atoms with Crippen LogP contribution in [0.25, 0.3) is 11.3 Å². The van der Waals surface area contributed by atoms with Crippen LogP contribution in [0.4, 0.5) is 22.0 Å². The second-order valence-electron chi connectivity index (χ2n) is 9.81. The van der Waals surface area contributed by atoms with Crippen LogP contribution in [-0.4, -0.2) is 39.8 Å². The van der Waals surface area contributed by atoms with E-state index < -0.39 is 40.6 Å². The topological polar surface area (TPSA) is 46.1 Å². The van der Waals surface area contributed by atoms with Gasteiger partial charge in [0.1, 0.15) is 17.7 Å². The van der Waals surface area contributed by atoms with Crippen LogP contribution >= 0.6 is 0 Å². The fraction of sp³-hybridized carbons (Fsp3) is 0.542. The van der Waals surface area contributed by atoms with Crippen LogP contribution in [-0.2, 0) is 4.79 Å². The van der Waals surface area contributed by atoms with Gasteiger partial charge in [-0.3, -0.25) is 4.79 Å². The molecular formula is C24H26F5N3O. The molecule has 1 aromatic carbocycles.